The predicted octanol–water partition coefficient (Wildman–Crippen LogP) is 1.30. The Morgan fingerprint density at radius 3 is 2.56 bits per heavy atom. The van der Waals surface area contributed by atoms with E-state index in [4.69, 9.17) is 9.47 Å². The molecule has 2 heterocycles. The molecule has 2 amide bonds. The molecule has 7 nitrogen and oxygen atoms in total. The number of benzene rings is 1. The zero-order chi connectivity index (χ0) is 18.5. The number of hydrogen-bond acceptors (Lipinski definition) is 5. The molecular formula is C20H22N2O5. The predicted molar refractivity (Wildman–Crippen MR) is 94.9 cm³/mol. The van der Waals surface area contributed by atoms with Crippen LogP contribution >= 0.6 is 0 Å². The van der Waals surface area contributed by atoms with Crippen molar-refractivity contribution in [3.8, 4) is 0 Å². The fraction of sp³-hybridized carbons (Fsp3) is 0.550. The van der Waals surface area contributed by atoms with Crippen LogP contribution in [0.4, 0.5) is 5.69 Å². The smallest absolute Gasteiger partial charge is 0.310 e. The van der Waals surface area contributed by atoms with Gasteiger partial charge in [0.1, 0.15) is 6.10 Å². The molecule has 142 valence electrons. The molecular weight excluding hydrogens is 348 g/mol. The second-order valence-corrected chi connectivity index (χ2v) is 7.89. The second-order valence-electron chi connectivity index (χ2n) is 7.89. The van der Waals surface area contributed by atoms with E-state index in [9.17, 15) is 14.4 Å². The highest BCUT2D eigenvalue weighted by molar-refractivity contribution is 5.98. The van der Waals surface area contributed by atoms with Crippen molar-refractivity contribution in [2.75, 3.05) is 31.6 Å². The van der Waals surface area contributed by atoms with Gasteiger partial charge in [-0.1, -0.05) is 0 Å². The molecule has 2 saturated carbocycles. The average molecular weight is 370 g/mol. The summed E-state index contributed by atoms with van der Waals surface area (Å²) >= 11 is 0. The fourth-order valence-corrected chi connectivity index (χ4v) is 5.23. The third kappa shape index (κ3) is 2.72. The standard InChI is InChI=1S/C20H22N2O5/c23-18(16-12-9-14-15(10-12)27-20(25)17(14)16)21-13-3-1-11(2-4-13)19(24)22-5-7-26-8-6-22/h1-4,12,14-17H,5-10H2,(H,21,23)/t12-,14+,15-,16+,17+/m0/s1. The van der Waals surface area contributed by atoms with E-state index in [1.165, 1.54) is 0 Å². The highest BCUT2D eigenvalue weighted by atomic mass is 16.6. The lowest BCUT2D eigenvalue weighted by Gasteiger charge is -2.27. The van der Waals surface area contributed by atoms with Gasteiger partial charge in [-0.05, 0) is 43.0 Å². The number of hydrogen-bond donors (Lipinski definition) is 1. The third-order valence-electron chi connectivity index (χ3n) is 6.48. The maximum atomic E-state index is 12.8. The summed E-state index contributed by atoms with van der Waals surface area (Å²) < 4.78 is 10.7. The van der Waals surface area contributed by atoms with E-state index < -0.39 is 0 Å². The third-order valence-corrected chi connectivity index (χ3v) is 6.48. The van der Waals surface area contributed by atoms with Gasteiger partial charge in [0.05, 0.1) is 25.0 Å². The van der Waals surface area contributed by atoms with Gasteiger partial charge in [-0.25, -0.2) is 0 Å². The summed E-state index contributed by atoms with van der Waals surface area (Å²) in [6.07, 6.45) is 1.74. The molecule has 2 aliphatic heterocycles. The van der Waals surface area contributed by atoms with E-state index in [0.29, 0.717) is 37.6 Å². The van der Waals surface area contributed by atoms with Gasteiger partial charge >= 0.3 is 5.97 Å². The van der Waals surface area contributed by atoms with Gasteiger partial charge in [-0.2, -0.15) is 0 Å². The van der Waals surface area contributed by atoms with Gasteiger partial charge in [0.2, 0.25) is 5.91 Å². The number of ether oxygens (including phenoxy) is 2. The molecule has 4 fully saturated rings. The lowest BCUT2D eigenvalue weighted by Crippen LogP contribution is -2.40. The van der Waals surface area contributed by atoms with Crippen molar-refractivity contribution in [3.63, 3.8) is 0 Å². The zero-order valence-corrected chi connectivity index (χ0v) is 14.9. The first kappa shape index (κ1) is 16.7. The van der Waals surface area contributed by atoms with Crippen LogP contribution in [0.1, 0.15) is 23.2 Å². The van der Waals surface area contributed by atoms with Crippen molar-refractivity contribution < 1.29 is 23.9 Å². The van der Waals surface area contributed by atoms with Gasteiger partial charge in [0, 0.05) is 30.3 Å². The van der Waals surface area contributed by atoms with Gasteiger partial charge < -0.3 is 19.7 Å². The summed E-state index contributed by atoms with van der Waals surface area (Å²) in [4.78, 5) is 39.1. The molecule has 5 rings (SSSR count). The number of fused-ring (bicyclic) bond motifs is 1. The quantitative estimate of drug-likeness (QED) is 0.811. The van der Waals surface area contributed by atoms with Crippen molar-refractivity contribution in [3.05, 3.63) is 29.8 Å². The van der Waals surface area contributed by atoms with Crippen molar-refractivity contribution in [2.24, 2.45) is 23.7 Å². The summed E-state index contributed by atoms with van der Waals surface area (Å²) in [5, 5.41) is 2.93. The number of carbonyl (C=O) groups is 3. The molecule has 1 aromatic rings. The SMILES string of the molecule is O=C(Nc1ccc(C(=O)N2CCOCC2)cc1)[C@@H]1[C@H]2C[C@H]3[C@H]1C(=O)O[C@H]3C2. The monoisotopic (exact) mass is 370 g/mol. The van der Waals surface area contributed by atoms with Crippen LogP contribution in [0.15, 0.2) is 24.3 Å². The Labute approximate surface area is 157 Å². The minimum Gasteiger partial charge on any atom is -0.462 e. The van der Waals surface area contributed by atoms with Gasteiger partial charge in [0.15, 0.2) is 0 Å². The van der Waals surface area contributed by atoms with Gasteiger partial charge in [-0.3, -0.25) is 14.4 Å². The fourth-order valence-electron chi connectivity index (χ4n) is 5.23. The van der Waals surface area contributed by atoms with Crippen molar-refractivity contribution in [1.82, 2.24) is 4.90 Å². The van der Waals surface area contributed by atoms with Crippen LogP contribution in [0.5, 0.6) is 0 Å². The maximum Gasteiger partial charge on any atom is 0.310 e. The van der Waals surface area contributed by atoms with E-state index in [-0.39, 0.29) is 47.6 Å². The largest absolute Gasteiger partial charge is 0.462 e. The summed E-state index contributed by atoms with van der Waals surface area (Å²) in [6.45, 7) is 2.32. The summed E-state index contributed by atoms with van der Waals surface area (Å²) in [5.74, 6) is -0.477. The normalized spacial score (nSPS) is 33.9. The minimum absolute atomic E-state index is 0.0241. The number of esters is 1. The molecule has 2 aliphatic carbocycles. The molecule has 2 bridgehead atoms. The number of morpholine rings is 1. The Morgan fingerprint density at radius 2 is 1.81 bits per heavy atom. The minimum atomic E-state index is -0.295. The molecule has 0 aromatic heterocycles. The van der Waals surface area contributed by atoms with Crippen molar-refractivity contribution >= 4 is 23.5 Å². The molecule has 1 aromatic carbocycles. The molecule has 0 unspecified atom stereocenters. The molecule has 27 heavy (non-hydrogen) atoms. The number of nitrogens with zero attached hydrogens (tertiary/aromatic N) is 1. The topological polar surface area (TPSA) is 84.9 Å². The van der Waals surface area contributed by atoms with Crippen LogP contribution in [-0.4, -0.2) is 55.1 Å². The molecule has 5 atom stereocenters. The number of rotatable bonds is 3. The van der Waals surface area contributed by atoms with E-state index in [2.05, 4.69) is 5.32 Å². The molecule has 7 heteroatoms. The van der Waals surface area contributed by atoms with E-state index in [1.807, 2.05) is 0 Å². The van der Waals surface area contributed by atoms with Crippen molar-refractivity contribution in [2.45, 2.75) is 18.9 Å². The summed E-state index contributed by atoms with van der Waals surface area (Å²) in [7, 11) is 0. The Bertz CT molecular complexity index is 784. The first-order chi connectivity index (χ1) is 13.1. The number of anilines is 1. The number of carbonyl (C=O) groups excluding carboxylic acids is 3. The van der Waals surface area contributed by atoms with E-state index in [0.717, 1.165) is 12.8 Å². The lowest BCUT2D eigenvalue weighted by molar-refractivity contribution is -0.145. The molecule has 0 spiro atoms. The van der Waals surface area contributed by atoms with Crippen LogP contribution in [0.2, 0.25) is 0 Å². The second kappa shape index (κ2) is 6.34. The van der Waals surface area contributed by atoms with Gasteiger partial charge in [0.25, 0.3) is 5.91 Å². The van der Waals surface area contributed by atoms with Crippen molar-refractivity contribution in [1.29, 1.82) is 0 Å². The lowest BCUT2D eigenvalue weighted by atomic mass is 9.79. The van der Waals surface area contributed by atoms with Crippen LogP contribution in [-0.2, 0) is 19.1 Å². The summed E-state index contributed by atoms with van der Waals surface area (Å²) in [6, 6.07) is 6.95. The van der Waals surface area contributed by atoms with Crippen LogP contribution in [0.3, 0.4) is 0 Å². The molecule has 0 radical (unpaired) electrons. The molecule has 4 aliphatic rings. The highest BCUT2D eigenvalue weighted by Crippen LogP contribution is 2.57. The Morgan fingerprint density at radius 1 is 1.07 bits per heavy atom. The van der Waals surface area contributed by atoms with Crippen LogP contribution in [0, 0.1) is 23.7 Å². The maximum absolute atomic E-state index is 12.8. The Hall–Kier alpha value is -2.41. The van der Waals surface area contributed by atoms with E-state index >= 15 is 0 Å². The summed E-state index contributed by atoms with van der Waals surface area (Å²) in [5.41, 5.74) is 1.24. The van der Waals surface area contributed by atoms with E-state index in [1.54, 1.807) is 29.2 Å². The average Bonchev–Trinajstić information content (AvgIpc) is 3.31. The Kier molecular flexibility index (Phi) is 3.93. The highest BCUT2D eigenvalue weighted by Gasteiger charge is 2.63. The first-order valence-electron chi connectivity index (χ1n) is 9.60. The van der Waals surface area contributed by atoms with Crippen LogP contribution < -0.4 is 5.32 Å². The molecule has 2 saturated heterocycles. The van der Waals surface area contributed by atoms with Gasteiger partial charge in [-0.15, -0.1) is 0 Å². The Balaban J connectivity index is 1.25. The number of nitrogens with one attached hydrogen (secondary N) is 1. The van der Waals surface area contributed by atoms with Crippen LogP contribution in [0.25, 0.3) is 0 Å². The molecule has 1 N–H and O–H groups in total. The zero-order valence-electron chi connectivity index (χ0n) is 14.9. The first-order valence-corrected chi connectivity index (χ1v) is 9.60. The number of amides is 2.